The number of hydrogen-bond donors (Lipinski definition) is 0. The van der Waals surface area contributed by atoms with Crippen LogP contribution in [-0.2, 0) is 4.74 Å². The zero-order valence-electron chi connectivity index (χ0n) is 13.2. The monoisotopic (exact) mass is 330 g/mol. The second-order valence-corrected chi connectivity index (χ2v) is 4.99. The number of rotatable bonds is 4. The van der Waals surface area contributed by atoms with E-state index in [-0.39, 0.29) is 0 Å². The first-order chi connectivity index (χ1) is 10.9. The molecule has 1 heterocycles. The smallest absolute Gasteiger partial charge is 0.493 e. The standard InChI is InChI=1S/C16H21NO.BF4/c1-2-18-16(14-9-5-3-6-10-14)13-15-11-7-4-8-12-17-15;2-1(3,4)5/h3,5-6,9-10,13H,2,4,7-8,11-12H2,1H3;/q;-1. The molecule has 0 bridgehead atoms. The van der Waals surface area contributed by atoms with Crippen LogP contribution in [0.3, 0.4) is 0 Å². The lowest BCUT2D eigenvalue weighted by atomic mass is 10.1. The Labute approximate surface area is 134 Å². The van der Waals surface area contributed by atoms with E-state index in [2.05, 4.69) is 23.2 Å². The Morgan fingerprint density at radius 3 is 2.39 bits per heavy atom. The van der Waals surface area contributed by atoms with Gasteiger partial charge in [-0.05, 0) is 26.2 Å². The van der Waals surface area contributed by atoms with Gasteiger partial charge in [-0.15, -0.1) is 0 Å². The lowest BCUT2D eigenvalue weighted by molar-refractivity contribution is 0.298. The predicted molar refractivity (Wildman–Crippen MR) is 87.0 cm³/mol. The number of halogens is 4. The Hall–Kier alpha value is -1.79. The highest BCUT2D eigenvalue weighted by atomic mass is 19.5. The summed E-state index contributed by atoms with van der Waals surface area (Å²) in [5, 5.41) is 0. The van der Waals surface area contributed by atoms with Gasteiger partial charge >= 0.3 is 7.25 Å². The fourth-order valence-electron chi connectivity index (χ4n) is 2.13. The van der Waals surface area contributed by atoms with Gasteiger partial charge in [0.1, 0.15) is 5.76 Å². The van der Waals surface area contributed by atoms with Gasteiger partial charge in [-0.25, -0.2) is 0 Å². The van der Waals surface area contributed by atoms with Crippen LogP contribution < -0.4 is 0 Å². The largest absolute Gasteiger partial charge is 0.673 e. The van der Waals surface area contributed by atoms with Gasteiger partial charge in [-0.3, -0.25) is 4.99 Å². The minimum atomic E-state index is -6.00. The van der Waals surface area contributed by atoms with Gasteiger partial charge in [0.15, 0.2) is 0 Å². The summed E-state index contributed by atoms with van der Waals surface area (Å²) in [4.78, 5) is 4.63. The molecule has 2 rings (SSSR count). The molecule has 0 amide bonds. The van der Waals surface area contributed by atoms with Crippen molar-refractivity contribution in [3.05, 3.63) is 42.0 Å². The summed E-state index contributed by atoms with van der Waals surface area (Å²) in [6.45, 7) is 3.67. The maximum Gasteiger partial charge on any atom is 0.673 e. The van der Waals surface area contributed by atoms with Crippen molar-refractivity contribution < 1.29 is 22.0 Å². The summed E-state index contributed by atoms with van der Waals surface area (Å²) >= 11 is 0. The molecule has 0 aromatic heterocycles. The van der Waals surface area contributed by atoms with Crippen molar-refractivity contribution in [1.82, 2.24) is 0 Å². The lowest BCUT2D eigenvalue weighted by Crippen LogP contribution is -2.02. The van der Waals surface area contributed by atoms with Crippen LogP contribution in [0.1, 0.15) is 38.2 Å². The fourth-order valence-corrected chi connectivity index (χ4v) is 2.13. The van der Waals surface area contributed by atoms with E-state index in [9.17, 15) is 17.3 Å². The lowest BCUT2D eigenvalue weighted by Gasteiger charge is -2.09. The third-order valence-corrected chi connectivity index (χ3v) is 3.06. The third kappa shape index (κ3) is 9.76. The van der Waals surface area contributed by atoms with Crippen molar-refractivity contribution in [2.24, 2.45) is 4.99 Å². The van der Waals surface area contributed by atoms with Crippen molar-refractivity contribution in [3.8, 4) is 0 Å². The number of ether oxygens (including phenoxy) is 1. The van der Waals surface area contributed by atoms with Crippen LogP contribution in [0.2, 0.25) is 0 Å². The summed E-state index contributed by atoms with van der Waals surface area (Å²) in [6, 6.07) is 10.3. The van der Waals surface area contributed by atoms with Crippen molar-refractivity contribution in [3.63, 3.8) is 0 Å². The van der Waals surface area contributed by atoms with Gasteiger partial charge < -0.3 is 22.0 Å². The minimum Gasteiger partial charge on any atom is -0.493 e. The highest BCUT2D eigenvalue weighted by Crippen LogP contribution is 2.18. The van der Waals surface area contributed by atoms with E-state index in [1.165, 1.54) is 25.0 Å². The summed E-state index contributed by atoms with van der Waals surface area (Å²) in [6.07, 6.45) is 6.93. The first-order valence-electron chi connectivity index (χ1n) is 7.70. The molecule has 1 aromatic carbocycles. The highest BCUT2D eigenvalue weighted by molar-refractivity contribution is 6.50. The predicted octanol–water partition coefficient (Wildman–Crippen LogP) is 5.38. The molecular weight excluding hydrogens is 309 g/mol. The third-order valence-electron chi connectivity index (χ3n) is 3.06. The van der Waals surface area contributed by atoms with E-state index in [4.69, 9.17) is 4.74 Å². The van der Waals surface area contributed by atoms with E-state index >= 15 is 0 Å². The summed E-state index contributed by atoms with van der Waals surface area (Å²) in [5.74, 6) is 0.943. The fraction of sp³-hybridized carbons (Fsp3) is 0.438. The van der Waals surface area contributed by atoms with Crippen LogP contribution in [0.15, 0.2) is 41.4 Å². The van der Waals surface area contributed by atoms with Crippen LogP contribution in [0.5, 0.6) is 0 Å². The molecule has 0 atom stereocenters. The number of benzene rings is 1. The molecule has 0 radical (unpaired) electrons. The molecule has 0 saturated heterocycles. The molecular formula is C16H21BF4NO-. The molecule has 0 aliphatic carbocycles. The molecule has 7 heteroatoms. The molecule has 0 unspecified atom stereocenters. The second kappa shape index (κ2) is 10.1. The highest BCUT2D eigenvalue weighted by Gasteiger charge is 2.20. The molecule has 128 valence electrons. The summed E-state index contributed by atoms with van der Waals surface area (Å²) in [5.41, 5.74) is 2.31. The van der Waals surface area contributed by atoms with Gasteiger partial charge in [0.05, 0.1) is 6.61 Å². The second-order valence-electron chi connectivity index (χ2n) is 4.99. The molecule has 0 fully saturated rings. The Morgan fingerprint density at radius 2 is 1.78 bits per heavy atom. The Balaban J connectivity index is 0.000000463. The molecule has 23 heavy (non-hydrogen) atoms. The van der Waals surface area contributed by atoms with Crippen molar-refractivity contribution in [2.45, 2.75) is 32.6 Å². The molecule has 0 saturated carbocycles. The number of nitrogens with zero attached hydrogens (tertiary/aromatic N) is 1. The van der Waals surface area contributed by atoms with Crippen LogP contribution in [0.4, 0.5) is 17.3 Å². The quantitative estimate of drug-likeness (QED) is 0.413. The average molecular weight is 330 g/mol. The zero-order chi connectivity index (χ0) is 17.1. The number of aliphatic imine (C=N–C) groups is 1. The first-order valence-corrected chi connectivity index (χ1v) is 7.70. The zero-order valence-corrected chi connectivity index (χ0v) is 13.2. The van der Waals surface area contributed by atoms with E-state index in [0.29, 0.717) is 6.61 Å². The van der Waals surface area contributed by atoms with Crippen molar-refractivity contribution in [1.29, 1.82) is 0 Å². The van der Waals surface area contributed by atoms with E-state index < -0.39 is 7.25 Å². The molecule has 2 nitrogen and oxygen atoms in total. The van der Waals surface area contributed by atoms with Gasteiger partial charge in [0.2, 0.25) is 0 Å². The number of allylic oxidation sites excluding steroid dienone is 1. The molecule has 1 aromatic rings. The molecule has 0 N–H and O–H groups in total. The Bertz CT molecular complexity index is 509. The minimum absolute atomic E-state index is 0.688. The number of hydrogen-bond acceptors (Lipinski definition) is 2. The van der Waals surface area contributed by atoms with E-state index in [0.717, 1.165) is 24.3 Å². The maximum absolute atomic E-state index is 9.75. The van der Waals surface area contributed by atoms with Crippen LogP contribution >= 0.6 is 0 Å². The molecule has 1 aliphatic heterocycles. The van der Waals surface area contributed by atoms with E-state index in [1.807, 2.05) is 25.1 Å². The average Bonchev–Trinajstić information content (AvgIpc) is 2.75. The van der Waals surface area contributed by atoms with Crippen LogP contribution in [0, 0.1) is 0 Å². The normalized spacial score (nSPS) is 15.9. The Morgan fingerprint density at radius 1 is 1.13 bits per heavy atom. The molecule has 0 spiro atoms. The van der Waals surface area contributed by atoms with E-state index in [1.54, 1.807) is 0 Å². The summed E-state index contributed by atoms with van der Waals surface area (Å²) in [7, 11) is -6.00. The van der Waals surface area contributed by atoms with Gasteiger partial charge in [-0.2, -0.15) is 0 Å². The molecule has 1 aliphatic rings. The first kappa shape index (κ1) is 19.3. The summed E-state index contributed by atoms with van der Waals surface area (Å²) < 4.78 is 44.8. The Kier molecular flexibility index (Phi) is 8.44. The van der Waals surface area contributed by atoms with Crippen molar-refractivity contribution in [2.75, 3.05) is 13.2 Å². The topological polar surface area (TPSA) is 21.6 Å². The maximum atomic E-state index is 9.75. The van der Waals surface area contributed by atoms with Gasteiger partial charge in [-0.1, -0.05) is 36.8 Å². The SMILES string of the molecule is CCOC(=CC1=NCCCCC1)c1ccccc1.F[B-](F)(F)F. The van der Waals surface area contributed by atoms with Crippen LogP contribution in [0.25, 0.3) is 5.76 Å². The van der Waals surface area contributed by atoms with Gasteiger partial charge in [0.25, 0.3) is 0 Å². The van der Waals surface area contributed by atoms with Crippen LogP contribution in [-0.4, -0.2) is 26.1 Å². The van der Waals surface area contributed by atoms with Gasteiger partial charge in [0, 0.05) is 23.9 Å². The van der Waals surface area contributed by atoms with Crippen molar-refractivity contribution >= 4 is 18.7 Å².